The summed E-state index contributed by atoms with van der Waals surface area (Å²) in [5, 5.41) is 0. The lowest BCUT2D eigenvalue weighted by atomic mass is 10.1. The second kappa shape index (κ2) is 6.88. The van der Waals surface area contributed by atoms with Gasteiger partial charge in [0.15, 0.2) is 0 Å². The van der Waals surface area contributed by atoms with Crippen LogP contribution in [0.4, 0.5) is 11.6 Å². The summed E-state index contributed by atoms with van der Waals surface area (Å²) in [6.45, 7) is 4.20. The molecule has 1 aliphatic carbocycles. The normalized spacial score (nSPS) is 17.1. The minimum atomic E-state index is 0.296. The fourth-order valence-electron chi connectivity index (χ4n) is 2.80. The number of rotatable bonds is 4. The van der Waals surface area contributed by atoms with Gasteiger partial charge in [-0.2, -0.15) is 0 Å². The summed E-state index contributed by atoms with van der Waals surface area (Å²) in [5.41, 5.74) is 2.65. The van der Waals surface area contributed by atoms with Crippen LogP contribution in [0.1, 0.15) is 64.1 Å². The molecule has 0 aromatic carbocycles. The van der Waals surface area contributed by atoms with Crippen molar-refractivity contribution in [1.29, 1.82) is 0 Å². The smallest absolute Gasteiger partial charge is 0.145 e. The van der Waals surface area contributed by atoms with Gasteiger partial charge in [0.25, 0.3) is 0 Å². The van der Waals surface area contributed by atoms with E-state index in [1.165, 1.54) is 38.5 Å². The zero-order valence-corrected chi connectivity index (χ0v) is 12.9. The SMILES string of the molecule is CC(C)c1nc(NN)cc(N(C)C2CCCCCC2)n1. The number of hydrazine groups is 1. The molecule has 1 fully saturated rings. The standard InChI is InChI=1S/C15H27N5/c1-11(2)15-17-13(19-16)10-14(18-15)20(3)12-8-6-4-5-7-9-12/h10-12H,4-9,16H2,1-3H3,(H,17,18,19). The van der Waals surface area contributed by atoms with Crippen LogP contribution in [-0.4, -0.2) is 23.1 Å². The van der Waals surface area contributed by atoms with E-state index in [4.69, 9.17) is 10.8 Å². The molecule has 1 aromatic rings. The van der Waals surface area contributed by atoms with Crippen molar-refractivity contribution in [2.75, 3.05) is 17.4 Å². The van der Waals surface area contributed by atoms with Crippen LogP contribution in [0.3, 0.4) is 0 Å². The van der Waals surface area contributed by atoms with E-state index in [9.17, 15) is 0 Å². The van der Waals surface area contributed by atoms with Crippen molar-refractivity contribution >= 4 is 11.6 Å². The topological polar surface area (TPSA) is 67.1 Å². The van der Waals surface area contributed by atoms with Crippen LogP contribution in [0.15, 0.2) is 6.07 Å². The monoisotopic (exact) mass is 277 g/mol. The van der Waals surface area contributed by atoms with Crippen LogP contribution < -0.4 is 16.2 Å². The molecule has 2 rings (SSSR count). The van der Waals surface area contributed by atoms with Crippen molar-refractivity contribution in [2.45, 2.75) is 64.3 Å². The van der Waals surface area contributed by atoms with Crippen LogP contribution in [0.5, 0.6) is 0 Å². The molecule has 0 amide bonds. The van der Waals surface area contributed by atoms with Crippen molar-refractivity contribution in [1.82, 2.24) is 9.97 Å². The van der Waals surface area contributed by atoms with Gasteiger partial charge in [0, 0.05) is 25.1 Å². The molecular weight excluding hydrogens is 250 g/mol. The van der Waals surface area contributed by atoms with Crippen LogP contribution in [0.25, 0.3) is 0 Å². The van der Waals surface area contributed by atoms with Gasteiger partial charge in [0.1, 0.15) is 17.5 Å². The number of nitrogens with one attached hydrogen (secondary N) is 1. The molecule has 5 nitrogen and oxygen atoms in total. The molecule has 0 unspecified atom stereocenters. The highest BCUT2D eigenvalue weighted by atomic mass is 15.3. The maximum absolute atomic E-state index is 5.53. The van der Waals surface area contributed by atoms with E-state index in [-0.39, 0.29) is 0 Å². The lowest BCUT2D eigenvalue weighted by Gasteiger charge is -2.29. The molecule has 20 heavy (non-hydrogen) atoms. The van der Waals surface area contributed by atoms with Crippen LogP contribution >= 0.6 is 0 Å². The largest absolute Gasteiger partial charge is 0.357 e. The molecule has 0 atom stereocenters. The van der Waals surface area contributed by atoms with E-state index in [0.29, 0.717) is 17.8 Å². The molecule has 1 saturated carbocycles. The number of nitrogens with zero attached hydrogens (tertiary/aromatic N) is 3. The number of hydrogen-bond donors (Lipinski definition) is 2. The Morgan fingerprint density at radius 1 is 1.20 bits per heavy atom. The van der Waals surface area contributed by atoms with Gasteiger partial charge in [-0.05, 0) is 12.8 Å². The molecule has 3 N–H and O–H groups in total. The van der Waals surface area contributed by atoms with E-state index < -0.39 is 0 Å². The summed E-state index contributed by atoms with van der Waals surface area (Å²) >= 11 is 0. The fourth-order valence-corrected chi connectivity index (χ4v) is 2.80. The zero-order chi connectivity index (χ0) is 14.5. The number of nitrogens with two attached hydrogens (primary N) is 1. The molecule has 1 heterocycles. The van der Waals surface area contributed by atoms with E-state index in [1.54, 1.807) is 0 Å². The Balaban J connectivity index is 2.23. The van der Waals surface area contributed by atoms with E-state index in [1.807, 2.05) is 6.07 Å². The molecule has 0 spiro atoms. The predicted octanol–water partition coefficient (Wildman–Crippen LogP) is 3.04. The third-order valence-corrected chi connectivity index (χ3v) is 4.13. The zero-order valence-electron chi connectivity index (χ0n) is 12.9. The Morgan fingerprint density at radius 3 is 2.40 bits per heavy atom. The Bertz CT molecular complexity index is 424. The minimum Gasteiger partial charge on any atom is -0.357 e. The molecular formula is C15H27N5. The van der Waals surface area contributed by atoms with Gasteiger partial charge in [-0.1, -0.05) is 39.5 Å². The number of nitrogen functional groups attached to an aromatic ring is 1. The van der Waals surface area contributed by atoms with E-state index >= 15 is 0 Å². The average molecular weight is 277 g/mol. The molecule has 1 aromatic heterocycles. The minimum absolute atomic E-state index is 0.296. The number of anilines is 2. The quantitative estimate of drug-likeness (QED) is 0.503. The van der Waals surface area contributed by atoms with Crippen molar-refractivity contribution < 1.29 is 0 Å². The van der Waals surface area contributed by atoms with Crippen LogP contribution in [0, 0.1) is 0 Å². The van der Waals surface area contributed by atoms with Crippen molar-refractivity contribution in [3.05, 3.63) is 11.9 Å². The number of hydrogen-bond acceptors (Lipinski definition) is 5. The Kier molecular flexibility index (Phi) is 5.17. The first-order valence-corrected chi connectivity index (χ1v) is 7.70. The van der Waals surface area contributed by atoms with Gasteiger partial charge in [0.2, 0.25) is 0 Å². The second-order valence-electron chi connectivity index (χ2n) is 6.02. The summed E-state index contributed by atoms with van der Waals surface area (Å²) < 4.78 is 0. The maximum Gasteiger partial charge on any atom is 0.145 e. The van der Waals surface area contributed by atoms with Gasteiger partial charge < -0.3 is 10.3 Å². The van der Waals surface area contributed by atoms with Crippen molar-refractivity contribution in [3.8, 4) is 0 Å². The van der Waals surface area contributed by atoms with Gasteiger partial charge >= 0.3 is 0 Å². The lowest BCUT2D eigenvalue weighted by Crippen LogP contribution is -2.32. The van der Waals surface area contributed by atoms with Gasteiger partial charge in [-0.15, -0.1) is 0 Å². The van der Waals surface area contributed by atoms with Crippen molar-refractivity contribution in [3.63, 3.8) is 0 Å². The molecule has 5 heteroatoms. The Morgan fingerprint density at radius 2 is 1.85 bits per heavy atom. The van der Waals surface area contributed by atoms with Gasteiger partial charge in [0.05, 0.1) is 0 Å². The predicted molar refractivity (Wildman–Crippen MR) is 83.8 cm³/mol. The summed E-state index contributed by atoms with van der Waals surface area (Å²) in [4.78, 5) is 11.4. The lowest BCUT2D eigenvalue weighted by molar-refractivity contribution is 0.547. The van der Waals surface area contributed by atoms with Crippen LogP contribution in [-0.2, 0) is 0 Å². The van der Waals surface area contributed by atoms with E-state index in [0.717, 1.165) is 11.6 Å². The molecule has 0 aliphatic heterocycles. The third-order valence-electron chi connectivity index (χ3n) is 4.13. The molecule has 0 saturated heterocycles. The van der Waals surface area contributed by atoms with E-state index in [2.05, 4.69) is 36.2 Å². The highest BCUT2D eigenvalue weighted by Gasteiger charge is 2.19. The first-order valence-electron chi connectivity index (χ1n) is 7.70. The van der Waals surface area contributed by atoms with Crippen molar-refractivity contribution in [2.24, 2.45) is 5.84 Å². The highest BCUT2D eigenvalue weighted by molar-refractivity contribution is 5.49. The number of aromatic nitrogens is 2. The third kappa shape index (κ3) is 3.60. The second-order valence-corrected chi connectivity index (χ2v) is 6.02. The Labute approximate surface area is 121 Å². The summed E-state index contributed by atoms with van der Waals surface area (Å²) in [6, 6.07) is 2.52. The average Bonchev–Trinajstić information content (AvgIpc) is 2.74. The molecule has 0 bridgehead atoms. The highest BCUT2D eigenvalue weighted by Crippen LogP contribution is 2.26. The van der Waals surface area contributed by atoms with Gasteiger partial charge in [-0.3, -0.25) is 0 Å². The molecule has 112 valence electrons. The summed E-state index contributed by atoms with van der Waals surface area (Å²) in [6.07, 6.45) is 7.87. The summed E-state index contributed by atoms with van der Waals surface area (Å²) in [7, 11) is 2.14. The maximum atomic E-state index is 5.53. The van der Waals surface area contributed by atoms with Gasteiger partial charge in [-0.25, -0.2) is 15.8 Å². The molecule has 0 radical (unpaired) electrons. The first kappa shape index (κ1) is 15.0. The first-order chi connectivity index (χ1) is 9.61. The van der Waals surface area contributed by atoms with Crippen LogP contribution in [0.2, 0.25) is 0 Å². The fraction of sp³-hybridized carbons (Fsp3) is 0.733. The molecule has 1 aliphatic rings. The summed E-state index contributed by atoms with van der Waals surface area (Å²) in [5.74, 6) is 8.34. The Hall–Kier alpha value is -1.36.